The minimum absolute atomic E-state index is 1.22. The van der Waals surface area contributed by atoms with Gasteiger partial charge in [0.15, 0.2) is 0 Å². The van der Waals surface area contributed by atoms with E-state index in [4.69, 9.17) is 0 Å². The summed E-state index contributed by atoms with van der Waals surface area (Å²) in [7, 11) is 0. The highest BCUT2D eigenvalue weighted by molar-refractivity contribution is 6.11. The van der Waals surface area contributed by atoms with Crippen molar-refractivity contribution in [2.45, 2.75) is 13.8 Å². The predicted molar refractivity (Wildman–Crippen MR) is 141 cm³/mol. The first-order chi connectivity index (χ1) is 16.2. The molecule has 0 fully saturated rings. The Kier molecular flexibility index (Phi) is 4.62. The molecule has 0 saturated heterocycles. The Morgan fingerprint density at radius 1 is 0.424 bits per heavy atom. The van der Waals surface area contributed by atoms with E-state index in [1.54, 1.807) is 0 Å². The normalized spacial score (nSPS) is 11.3. The van der Waals surface area contributed by atoms with Crippen molar-refractivity contribution < 1.29 is 0 Å². The van der Waals surface area contributed by atoms with Crippen molar-refractivity contribution in [2.75, 3.05) is 0 Å². The van der Waals surface area contributed by atoms with Crippen LogP contribution in [0, 0.1) is 13.8 Å². The van der Waals surface area contributed by atoms with Crippen molar-refractivity contribution >= 4 is 21.8 Å². The molecule has 0 N–H and O–H groups in total. The average Bonchev–Trinajstić information content (AvgIpc) is 3.17. The number of hydrogen-bond donors (Lipinski definition) is 0. The van der Waals surface area contributed by atoms with E-state index in [9.17, 15) is 0 Å². The zero-order valence-electron chi connectivity index (χ0n) is 18.9. The van der Waals surface area contributed by atoms with Gasteiger partial charge in [-0.1, -0.05) is 78.9 Å². The molecule has 0 bridgehead atoms. The number of hydrogen-bond acceptors (Lipinski definition) is 0. The molecule has 0 aliphatic rings. The first-order valence-corrected chi connectivity index (χ1v) is 11.5. The molecule has 1 heteroatoms. The SMILES string of the molecule is Cc1cc(C)cc(-n2c3ccc(-c4ccccc4)cc3c3cc(-c4ccccc4)ccc32)c1. The second-order valence-corrected chi connectivity index (χ2v) is 8.88. The van der Waals surface area contributed by atoms with Crippen LogP contribution in [0.5, 0.6) is 0 Å². The van der Waals surface area contributed by atoms with E-state index in [1.165, 1.54) is 60.9 Å². The third kappa shape index (κ3) is 3.43. The van der Waals surface area contributed by atoms with Gasteiger partial charge in [-0.2, -0.15) is 0 Å². The maximum Gasteiger partial charge on any atom is 0.0541 e. The number of benzene rings is 5. The summed E-state index contributed by atoms with van der Waals surface area (Å²) in [6.07, 6.45) is 0. The zero-order valence-corrected chi connectivity index (χ0v) is 18.9. The molecule has 1 aromatic heterocycles. The molecule has 1 nitrogen and oxygen atoms in total. The van der Waals surface area contributed by atoms with Gasteiger partial charge in [0.1, 0.15) is 0 Å². The highest BCUT2D eigenvalue weighted by Gasteiger charge is 2.15. The van der Waals surface area contributed by atoms with E-state index < -0.39 is 0 Å². The molecule has 33 heavy (non-hydrogen) atoms. The largest absolute Gasteiger partial charge is 0.309 e. The Morgan fingerprint density at radius 2 is 0.879 bits per heavy atom. The molecule has 0 saturated carbocycles. The molecule has 158 valence electrons. The molecule has 0 atom stereocenters. The standard InChI is InChI=1S/C32H25N/c1-22-17-23(2)19-28(18-22)33-31-15-13-26(24-9-5-3-6-10-24)20-29(31)30-21-27(14-16-32(30)33)25-11-7-4-8-12-25/h3-21H,1-2H3. The maximum atomic E-state index is 2.41. The summed E-state index contributed by atoms with van der Waals surface area (Å²) >= 11 is 0. The second kappa shape index (κ2) is 7.79. The fourth-order valence-corrected chi connectivity index (χ4v) is 5.00. The molecule has 5 aromatic carbocycles. The highest BCUT2D eigenvalue weighted by atomic mass is 15.0. The quantitative estimate of drug-likeness (QED) is 0.268. The summed E-state index contributed by atoms with van der Waals surface area (Å²) in [5.41, 5.74) is 11.2. The van der Waals surface area contributed by atoms with Crippen LogP contribution in [0.4, 0.5) is 0 Å². The van der Waals surface area contributed by atoms with Gasteiger partial charge in [0, 0.05) is 16.5 Å². The summed E-state index contributed by atoms with van der Waals surface area (Å²) in [6.45, 7) is 4.34. The van der Waals surface area contributed by atoms with Crippen molar-refractivity contribution in [2.24, 2.45) is 0 Å². The maximum absolute atomic E-state index is 2.41. The summed E-state index contributed by atoms with van der Waals surface area (Å²) < 4.78 is 2.41. The lowest BCUT2D eigenvalue weighted by atomic mass is 10.0. The van der Waals surface area contributed by atoms with Crippen LogP contribution >= 0.6 is 0 Å². The van der Waals surface area contributed by atoms with E-state index in [0.717, 1.165) is 0 Å². The van der Waals surface area contributed by atoms with Crippen molar-refractivity contribution in [1.29, 1.82) is 0 Å². The monoisotopic (exact) mass is 423 g/mol. The summed E-state index contributed by atoms with van der Waals surface area (Å²) in [5.74, 6) is 0. The molecule has 0 spiro atoms. The van der Waals surface area contributed by atoms with Gasteiger partial charge in [0.2, 0.25) is 0 Å². The summed E-state index contributed by atoms with van der Waals surface area (Å²) in [6, 6.07) is 41.8. The molecular formula is C32H25N. The smallest absolute Gasteiger partial charge is 0.0541 e. The molecule has 0 amide bonds. The van der Waals surface area contributed by atoms with Crippen LogP contribution < -0.4 is 0 Å². The van der Waals surface area contributed by atoms with Crippen LogP contribution in [0.2, 0.25) is 0 Å². The van der Waals surface area contributed by atoms with Gasteiger partial charge in [-0.15, -0.1) is 0 Å². The number of aromatic nitrogens is 1. The molecular weight excluding hydrogens is 398 g/mol. The van der Waals surface area contributed by atoms with Gasteiger partial charge in [-0.25, -0.2) is 0 Å². The van der Waals surface area contributed by atoms with Crippen LogP contribution in [0.1, 0.15) is 11.1 Å². The lowest BCUT2D eigenvalue weighted by Crippen LogP contribution is -1.95. The van der Waals surface area contributed by atoms with Gasteiger partial charge in [-0.05, 0) is 83.6 Å². The van der Waals surface area contributed by atoms with E-state index in [0.29, 0.717) is 0 Å². The summed E-state index contributed by atoms with van der Waals surface area (Å²) in [4.78, 5) is 0. The second-order valence-electron chi connectivity index (χ2n) is 8.88. The van der Waals surface area contributed by atoms with Gasteiger partial charge >= 0.3 is 0 Å². The van der Waals surface area contributed by atoms with E-state index in [2.05, 4.69) is 134 Å². The van der Waals surface area contributed by atoms with Gasteiger partial charge in [-0.3, -0.25) is 0 Å². The Hall–Kier alpha value is -4.10. The van der Waals surface area contributed by atoms with Crippen LogP contribution in [-0.2, 0) is 0 Å². The molecule has 0 aliphatic heterocycles. The first-order valence-electron chi connectivity index (χ1n) is 11.5. The third-order valence-corrected chi connectivity index (χ3v) is 6.44. The number of rotatable bonds is 3. The molecule has 6 aromatic rings. The van der Waals surface area contributed by atoms with Gasteiger partial charge in [0.05, 0.1) is 11.0 Å². The van der Waals surface area contributed by atoms with Crippen LogP contribution in [0.25, 0.3) is 49.7 Å². The zero-order chi connectivity index (χ0) is 22.4. The van der Waals surface area contributed by atoms with Crippen LogP contribution in [0.15, 0.2) is 115 Å². The number of aryl methyl sites for hydroxylation is 2. The number of nitrogens with zero attached hydrogens (tertiary/aromatic N) is 1. The van der Waals surface area contributed by atoms with Gasteiger partial charge < -0.3 is 4.57 Å². The van der Waals surface area contributed by atoms with E-state index in [-0.39, 0.29) is 0 Å². The molecule has 0 unspecified atom stereocenters. The minimum atomic E-state index is 1.22. The molecule has 0 radical (unpaired) electrons. The Labute approximate surface area is 194 Å². The topological polar surface area (TPSA) is 4.93 Å². The predicted octanol–water partition coefficient (Wildman–Crippen LogP) is 8.73. The Morgan fingerprint density at radius 3 is 1.33 bits per heavy atom. The van der Waals surface area contributed by atoms with Crippen LogP contribution in [0.3, 0.4) is 0 Å². The lowest BCUT2D eigenvalue weighted by molar-refractivity contribution is 1.16. The van der Waals surface area contributed by atoms with Crippen molar-refractivity contribution in [3.63, 3.8) is 0 Å². The fraction of sp³-hybridized carbons (Fsp3) is 0.0625. The lowest BCUT2D eigenvalue weighted by Gasteiger charge is -2.11. The molecule has 1 heterocycles. The Balaban J connectivity index is 1.68. The molecule has 6 rings (SSSR count). The van der Waals surface area contributed by atoms with Gasteiger partial charge in [0.25, 0.3) is 0 Å². The van der Waals surface area contributed by atoms with E-state index in [1.807, 2.05) is 0 Å². The summed E-state index contributed by atoms with van der Waals surface area (Å²) in [5, 5.41) is 2.56. The van der Waals surface area contributed by atoms with Crippen LogP contribution in [-0.4, -0.2) is 4.57 Å². The first kappa shape index (κ1) is 19.6. The Bertz CT molecular complexity index is 1490. The fourth-order valence-electron chi connectivity index (χ4n) is 5.00. The average molecular weight is 424 g/mol. The minimum Gasteiger partial charge on any atom is -0.309 e. The van der Waals surface area contributed by atoms with Crippen molar-refractivity contribution in [3.05, 3.63) is 126 Å². The highest BCUT2D eigenvalue weighted by Crippen LogP contribution is 2.37. The van der Waals surface area contributed by atoms with Crippen molar-refractivity contribution in [1.82, 2.24) is 4.57 Å². The number of fused-ring (bicyclic) bond motifs is 3. The van der Waals surface area contributed by atoms with E-state index >= 15 is 0 Å². The third-order valence-electron chi connectivity index (χ3n) is 6.44. The molecule has 0 aliphatic carbocycles. The van der Waals surface area contributed by atoms with Crippen molar-refractivity contribution in [3.8, 4) is 27.9 Å².